The molecule has 0 saturated carbocycles. The summed E-state index contributed by atoms with van der Waals surface area (Å²) in [5.74, 6) is -5.48. The Kier molecular flexibility index (Phi) is 7.70. The number of likely N-dealkylation sites (tertiary alicyclic amines) is 1. The highest BCUT2D eigenvalue weighted by Gasteiger charge is 2.46. The number of amides is 1. The van der Waals surface area contributed by atoms with Crippen LogP contribution in [0.2, 0.25) is 0 Å². The summed E-state index contributed by atoms with van der Waals surface area (Å²) >= 11 is 0. The van der Waals surface area contributed by atoms with Crippen molar-refractivity contribution in [1.29, 1.82) is 0 Å². The van der Waals surface area contributed by atoms with Gasteiger partial charge in [-0.25, -0.2) is 8.78 Å². The molecule has 2 atom stereocenters. The predicted octanol–water partition coefficient (Wildman–Crippen LogP) is 4.45. The average molecular weight is 491 g/mol. The highest BCUT2D eigenvalue weighted by atomic mass is 19.2. The third-order valence-corrected chi connectivity index (χ3v) is 6.77. The van der Waals surface area contributed by atoms with Crippen LogP contribution in [0.15, 0.2) is 78.9 Å². The lowest BCUT2D eigenvalue weighted by molar-refractivity contribution is -0.130. The summed E-state index contributed by atoms with van der Waals surface area (Å²) in [4.78, 5) is 43.4. The summed E-state index contributed by atoms with van der Waals surface area (Å²) in [6.07, 6.45) is 0. The Morgan fingerprint density at radius 3 is 1.75 bits per heavy atom. The molecule has 1 aliphatic heterocycles. The normalized spacial score (nSPS) is 20.1. The number of Topliss-reactive ketones (excluding diaryl/α,β-unsaturated/α-hetero) is 2. The first kappa shape index (κ1) is 25.4. The van der Waals surface area contributed by atoms with E-state index in [0.717, 1.165) is 6.07 Å². The molecule has 0 radical (unpaired) electrons. The van der Waals surface area contributed by atoms with Gasteiger partial charge in [-0.2, -0.15) is 0 Å². The molecule has 1 amide bonds. The van der Waals surface area contributed by atoms with E-state index in [9.17, 15) is 18.8 Å². The number of likely N-dealkylation sites (N-methyl/N-ethyl adjacent to an activating group) is 1. The molecule has 0 N–H and O–H groups in total. The van der Waals surface area contributed by atoms with Gasteiger partial charge in [-0.05, 0) is 11.6 Å². The summed E-state index contributed by atoms with van der Waals surface area (Å²) in [6.45, 7) is 0.265. The molecule has 1 heterocycles. The van der Waals surface area contributed by atoms with Crippen LogP contribution in [0.3, 0.4) is 0 Å². The Morgan fingerprint density at radius 2 is 1.28 bits per heavy atom. The molecule has 1 fully saturated rings. The van der Waals surface area contributed by atoms with E-state index in [2.05, 4.69) is 0 Å². The molecule has 3 aromatic carbocycles. The highest BCUT2D eigenvalue weighted by molar-refractivity contribution is 6.02. The lowest BCUT2D eigenvalue weighted by Crippen LogP contribution is -2.52. The number of halogens is 2. The van der Waals surface area contributed by atoms with E-state index < -0.39 is 29.4 Å². The molecule has 1 saturated heterocycles. The molecule has 1 aliphatic rings. The summed E-state index contributed by atoms with van der Waals surface area (Å²) in [5, 5.41) is 0. The van der Waals surface area contributed by atoms with Crippen LogP contribution in [0.5, 0.6) is 0 Å². The largest absolute Gasteiger partial charge is 0.348 e. The monoisotopic (exact) mass is 490 g/mol. The number of rotatable bonds is 7. The minimum absolute atomic E-state index is 0.00247. The standard InChI is InChI=1S/C29H28F2N2O3/c1-32(2)25(34)18-33-16-22(28(35)19-10-5-3-6-11-19)26(21-14-9-15-24(30)27(21)31)23(17-33)29(36)20-12-7-4-8-13-20/h3-15,22-23,26H,16-18H2,1-2H3. The molecular weight excluding hydrogens is 462 g/mol. The summed E-state index contributed by atoms with van der Waals surface area (Å²) in [7, 11) is 3.27. The van der Waals surface area contributed by atoms with Gasteiger partial charge >= 0.3 is 0 Å². The molecule has 7 heteroatoms. The number of ketones is 2. The zero-order valence-electron chi connectivity index (χ0n) is 20.2. The van der Waals surface area contributed by atoms with Crippen LogP contribution >= 0.6 is 0 Å². The molecule has 0 aromatic heterocycles. The Hall–Kier alpha value is -3.71. The fourth-order valence-electron chi connectivity index (χ4n) is 4.94. The van der Waals surface area contributed by atoms with Crippen LogP contribution in [-0.4, -0.2) is 61.0 Å². The molecule has 36 heavy (non-hydrogen) atoms. The molecule has 186 valence electrons. The number of carbonyl (C=O) groups is 3. The average Bonchev–Trinajstić information content (AvgIpc) is 2.90. The van der Waals surface area contributed by atoms with Crippen molar-refractivity contribution in [2.24, 2.45) is 11.8 Å². The Balaban J connectivity index is 1.85. The summed E-state index contributed by atoms with van der Waals surface area (Å²) in [6, 6.07) is 21.0. The van der Waals surface area contributed by atoms with Crippen molar-refractivity contribution in [3.05, 3.63) is 107 Å². The number of benzene rings is 3. The third-order valence-electron chi connectivity index (χ3n) is 6.77. The molecule has 0 bridgehead atoms. The van der Waals surface area contributed by atoms with Crippen molar-refractivity contribution in [2.45, 2.75) is 5.92 Å². The van der Waals surface area contributed by atoms with Crippen LogP contribution in [0.25, 0.3) is 0 Å². The number of carbonyl (C=O) groups excluding carboxylic acids is 3. The van der Waals surface area contributed by atoms with Crippen LogP contribution < -0.4 is 0 Å². The number of hydrogen-bond acceptors (Lipinski definition) is 4. The first-order valence-electron chi connectivity index (χ1n) is 11.8. The second-order valence-corrected chi connectivity index (χ2v) is 9.32. The first-order valence-corrected chi connectivity index (χ1v) is 11.8. The molecule has 0 spiro atoms. The Labute approximate surface area is 209 Å². The van der Waals surface area contributed by atoms with E-state index in [-0.39, 0.29) is 42.7 Å². The minimum atomic E-state index is -1.06. The van der Waals surface area contributed by atoms with E-state index in [1.165, 1.54) is 17.0 Å². The van der Waals surface area contributed by atoms with E-state index in [0.29, 0.717) is 11.1 Å². The van der Waals surface area contributed by atoms with Crippen molar-refractivity contribution in [1.82, 2.24) is 9.80 Å². The molecular formula is C29H28F2N2O3. The fraction of sp³-hybridized carbons (Fsp3) is 0.276. The van der Waals surface area contributed by atoms with Gasteiger partial charge in [-0.1, -0.05) is 72.8 Å². The van der Waals surface area contributed by atoms with Crippen LogP contribution in [-0.2, 0) is 4.79 Å². The lowest BCUT2D eigenvalue weighted by Gasteiger charge is -2.43. The smallest absolute Gasteiger partial charge is 0.236 e. The number of piperidine rings is 1. The summed E-state index contributed by atoms with van der Waals surface area (Å²) in [5.41, 5.74) is 0.823. The maximum Gasteiger partial charge on any atom is 0.236 e. The van der Waals surface area contributed by atoms with Gasteiger partial charge in [0.05, 0.1) is 6.54 Å². The molecule has 3 aromatic rings. The van der Waals surface area contributed by atoms with Gasteiger partial charge in [0.25, 0.3) is 0 Å². The number of nitrogens with zero attached hydrogens (tertiary/aromatic N) is 2. The lowest BCUT2D eigenvalue weighted by atomic mass is 9.68. The maximum absolute atomic E-state index is 15.2. The van der Waals surface area contributed by atoms with Crippen LogP contribution in [0.1, 0.15) is 32.2 Å². The molecule has 0 aliphatic carbocycles. The van der Waals surface area contributed by atoms with Crippen LogP contribution in [0.4, 0.5) is 8.78 Å². The Morgan fingerprint density at radius 1 is 0.778 bits per heavy atom. The van der Waals surface area contributed by atoms with Gasteiger partial charge in [0.1, 0.15) is 0 Å². The van der Waals surface area contributed by atoms with Gasteiger partial charge in [-0.3, -0.25) is 19.3 Å². The quantitative estimate of drug-likeness (QED) is 0.459. The van der Waals surface area contributed by atoms with Gasteiger partial charge in [0.2, 0.25) is 5.91 Å². The molecule has 5 nitrogen and oxygen atoms in total. The van der Waals surface area contributed by atoms with Crippen LogP contribution in [0, 0.1) is 23.5 Å². The van der Waals surface area contributed by atoms with Crippen molar-refractivity contribution in [2.75, 3.05) is 33.7 Å². The zero-order valence-corrected chi connectivity index (χ0v) is 20.2. The van der Waals surface area contributed by atoms with Crippen molar-refractivity contribution in [3.8, 4) is 0 Å². The second kappa shape index (κ2) is 10.9. The van der Waals surface area contributed by atoms with Crippen molar-refractivity contribution in [3.63, 3.8) is 0 Å². The number of hydrogen-bond donors (Lipinski definition) is 0. The van der Waals surface area contributed by atoms with Gasteiger partial charge in [0.15, 0.2) is 23.2 Å². The maximum atomic E-state index is 15.2. The minimum Gasteiger partial charge on any atom is -0.348 e. The van der Waals surface area contributed by atoms with Crippen molar-refractivity contribution < 1.29 is 23.2 Å². The van der Waals surface area contributed by atoms with Gasteiger partial charge < -0.3 is 4.90 Å². The second-order valence-electron chi connectivity index (χ2n) is 9.32. The summed E-state index contributed by atoms with van der Waals surface area (Å²) < 4.78 is 29.6. The van der Waals surface area contributed by atoms with Gasteiger partial charge in [0, 0.05) is 56.1 Å². The topological polar surface area (TPSA) is 57.7 Å². The molecule has 4 rings (SSSR count). The first-order chi connectivity index (χ1) is 17.3. The van der Waals surface area contributed by atoms with Gasteiger partial charge in [-0.15, -0.1) is 0 Å². The van der Waals surface area contributed by atoms with E-state index >= 15 is 4.39 Å². The van der Waals surface area contributed by atoms with E-state index in [4.69, 9.17) is 0 Å². The predicted molar refractivity (Wildman–Crippen MR) is 133 cm³/mol. The fourth-order valence-corrected chi connectivity index (χ4v) is 4.94. The zero-order chi connectivity index (χ0) is 25.8. The van der Waals surface area contributed by atoms with Crippen molar-refractivity contribution >= 4 is 17.5 Å². The molecule has 2 unspecified atom stereocenters. The van der Waals surface area contributed by atoms with E-state index in [1.54, 1.807) is 79.7 Å². The SMILES string of the molecule is CN(C)C(=O)CN1CC(C(=O)c2ccccc2)C(c2cccc(F)c2F)C(C(=O)c2ccccc2)C1. The third kappa shape index (κ3) is 5.26. The van der Waals surface area contributed by atoms with E-state index in [1.807, 2.05) is 0 Å². The highest BCUT2D eigenvalue weighted by Crippen LogP contribution is 2.42. The Bertz CT molecular complexity index is 1190.